The van der Waals surface area contributed by atoms with Crippen LogP contribution in [0.1, 0.15) is 43.6 Å². The predicted molar refractivity (Wildman–Crippen MR) is 102 cm³/mol. The molecule has 1 aromatic carbocycles. The molecule has 0 bridgehead atoms. The molecule has 2 aromatic rings. The summed E-state index contributed by atoms with van der Waals surface area (Å²) in [6.45, 7) is 2.41. The lowest BCUT2D eigenvalue weighted by Crippen LogP contribution is -2.45. The van der Waals surface area contributed by atoms with Gasteiger partial charge in [0.05, 0.1) is 30.8 Å². The number of amides is 1. The minimum absolute atomic E-state index is 0.0185. The summed E-state index contributed by atoms with van der Waals surface area (Å²) >= 11 is -1.18. The van der Waals surface area contributed by atoms with Gasteiger partial charge in [0.2, 0.25) is 0 Å². The fraction of sp³-hybridized carbons (Fsp3) is 0.474. The first-order valence-corrected chi connectivity index (χ1v) is 10.5. The SMILES string of the molecule is CC(C(=O)N1CCCCC1c1ncc(-c2ccc(CO)cc2)[nH]1)[S+](C)[O-]. The fourth-order valence-electron chi connectivity index (χ4n) is 3.30. The van der Waals surface area contributed by atoms with Crippen molar-refractivity contribution in [3.63, 3.8) is 0 Å². The molecule has 2 heterocycles. The third kappa shape index (κ3) is 3.95. The number of carbonyl (C=O) groups excluding carboxylic acids is 1. The van der Waals surface area contributed by atoms with E-state index in [1.807, 2.05) is 29.2 Å². The molecule has 1 aliphatic rings. The first-order valence-electron chi connectivity index (χ1n) is 8.89. The normalized spacial score (nSPS) is 20.0. The number of H-pyrrole nitrogens is 1. The average molecular weight is 375 g/mol. The third-order valence-electron chi connectivity index (χ3n) is 4.99. The van der Waals surface area contributed by atoms with Crippen molar-refractivity contribution in [1.82, 2.24) is 14.9 Å². The summed E-state index contributed by atoms with van der Waals surface area (Å²) in [6.07, 6.45) is 6.20. The van der Waals surface area contributed by atoms with E-state index in [1.165, 1.54) is 0 Å². The van der Waals surface area contributed by atoms with Gasteiger partial charge < -0.3 is 19.5 Å². The van der Waals surface area contributed by atoms with E-state index >= 15 is 0 Å². The largest absolute Gasteiger partial charge is 0.616 e. The molecule has 0 radical (unpaired) electrons. The molecule has 26 heavy (non-hydrogen) atoms. The smallest absolute Gasteiger partial charge is 0.275 e. The Bertz CT molecular complexity index is 745. The standard InChI is InChI=1S/C19H25N3O3S/c1-13(26(2)25)19(24)22-10-4-3-5-17(22)18-20-11-16(21-18)15-8-6-14(12-23)7-9-15/h6-9,11,13,17,23H,3-5,10,12H2,1-2H3,(H,20,21). The number of hydrogen-bond acceptors (Lipinski definition) is 4. The second-order valence-electron chi connectivity index (χ2n) is 6.72. The Labute approximate surface area is 156 Å². The van der Waals surface area contributed by atoms with Gasteiger partial charge in [0.15, 0.2) is 5.25 Å². The van der Waals surface area contributed by atoms with Gasteiger partial charge in [-0.05, 0) is 48.5 Å². The molecule has 3 atom stereocenters. The number of imidazole rings is 1. The van der Waals surface area contributed by atoms with E-state index in [4.69, 9.17) is 5.11 Å². The van der Waals surface area contributed by atoms with Gasteiger partial charge in [0.1, 0.15) is 5.82 Å². The summed E-state index contributed by atoms with van der Waals surface area (Å²) in [5, 5.41) is 8.66. The Morgan fingerprint density at radius 3 is 2.81 bits per heavy atom. The van der Waals surface area contributed by atoms with Crippen LogP contribution < -0.4 is 0 Å². The number of aromatic amines is 1. The molecule has 0 spiro atoms. The molecule has 1 amide bonds. The molecule has 1 aliphatic heterocycles. The molecule has 3 unspecified atom stereocenters. The van der Waals surface area contributed by atoms with Gasteiger partial charge in [-0.25, -0.2) is 4.98 Å². The van der Waals surface area contributed by atoms with Crippen LogP contribution in [0.3, 0.4) is 0 Å². The second-order valence-corrected chi connectivity index (χ2v) is 8.43. The second kappa shape index (κ2) is 8.24. The number of piperidine rings is 1. The van der Waals surface area contributed by atoms with Crippen LogP contribution >= 0.6 is 0 Å². The zero-order chi connectivity index (χ0) is 18.7. The van der Waals surface area contributed by atoms with Gasteiger partial charge in [-0.1, -0.05) is 24.3 Å². The van der Waals surface area contributed by atoms with Crippen molar-refractivity contribution in [3.8, 4) is 11.3 Å². The van der Waals surface area contributed by atoms with Crippen molar-refractivity contribution in [3.05, 3.63) is 41.9 Å². The first kappa shape index (κ1) is 18.9. The van der Waals surface area contributed by atoms with E-state index in [1.54, 1.807) is 19.4 Å². The number of hydrogen-bond donors (Lipinski definition) is 2. The van der Waals surface area contributed by atoms with Gasteiger partial charge in [0.25, 0.3) is 5.91 Å². The Hall–Kier alpha value is -1.83. The van der Waals surface area contributed by atoms with Crippen molar-refractivity contribution in [1.29, 1.82) is 0 Å². The number of aromatic nitrogens is 2. The van der Waals surface area contributed by atoms with Crippen molar-refractivity contribution >= 4 is 17.1 Å². The molecule has 140 valence electrons. The number of nitrogens with one attached hydrogen (secondary N) is 1. The van der Waals surface area contributed by atoms with Crippen LogP contribution in [0.4, 0.5) is 0 Å². The lowest BCUT2D eigenvalue weighted by atomic mass is 10.0. The molecule has 0 aliphatic carbocycles. The van der Waals surface area contributed by atoms with E-state index in [9.17, 15) is 9.35 Å². The third-order valence-corrected chi connectivity index (χ3v) is 6.19. The van der Waals surface area contributed by atoms with Gasteiger partial charge in [-0.15, -0.1) is 0 Å². The molecule has 2 N–H and O–H groups in total. The molecule has 1 fully saturated rings. The quantitative estimate of drug-likeness (QED) is 0.785. The molecular formula is C19H25N3O3S. The van der Waals surface area contributed by atoms with Crippen LogP contribution in [0.15, 0.2) is 30.5 Å². The van der Waals surface area contributed by atoms with Crippen molar-refractivity contribution in [2.75, 3.05) is 12.8 Å². The van der Waals surface area contributed by atoms with Crippen LogP contribution in [0.5, 0.6) is 0 Å². The number of aliphatic hydroxyl groups excluding tert-OH is 1. The van der Waals surface area contributed by atoms with E-state index in [2.05, 4.69) is 9.97 Å². The fourth-order valence-corrected chi connectivity index (χ4v) is 3.72. The van der Waals surface area contributed by atoms with E-state index in [0.717, 1.165) is 41.9 Å². The zero-order valence-electron chi connectivity index (χ0n) is 15.1. The Balaban J connectivity index is 1.82. The summed E-state index contributed by atoms with van der Waals surface area (Å²) in [7, 11) is 0. The maximum Gasteiger partial charge on any atom is 0.275 e. The van der Waals surface area contributed by atoms with Gasteiger partial charge in [0, 0.05) is 6.54 Å². The molecular weight excluding hydrogens is 350 g/mol. The summed E-state index contributed by atoms with van der Waals surface area (Å²) in [5.74, 6) is 0.703. The van der Waals surface area contributed by atoms with Crippen molar-refractivity contribution < 1.29 is 14.5 Å². The van der Waals surface area contributed by atoms with E-state index in [-0.39, 0.29) is 18.6 Å². The molecule has 7 heteroatoms. The summed E-state index contributed by atoms with van der Waals surface area (Å²) in [5.41, 5.74) is 2.73. The van der Waals surface area contributed by atoms with Crippen LogP contribution in [-0.2, 0) is 22.6 Å². The monoisotopic (exact) mass is 375 g/mol. The van der Waals surface area contributed by atoms with Crippen LogP contribution in [-0.4, -0.2) is 48.5 Å². The molecule has 6 nitrogen and oxygen atoms in total. The van der Waals surface area contributed by atoms with E-state index < -0.39 is 16.4 Å². The summed E-state index contributed by atoms with van der Waals surface area (Å²) < 4.78 is 11.7. The molecule has 0 saturated carbocycles. The number of carbonyl (C=O) groups is 1. The minimum atomic E-state index is -1.18. The van der Waals surface area contributed by atoms with Crippen LogP contribution in [0.25, 0.3) is 11.3 Å². The van der Waals surface area contributed by atoms with E-state index in [0.29, 0.717) is 6.54 Å². The van der Waals surface area contributed by atoms with Gasteiger partial charge in [-0.3, -0.25) is 4.79 Å². The number of aliphatic hydroxyl groups is 1. The maximum absolute atomic E-state index is 12.7. The number of rotatable bonds is 5. The van der Waals surface area contributed by atoms with Gasteiger partial charge in [-0.2, -0.15) is 0 Å². The number of nitrogens with zero attached hydrogens (tertiary/aromatic N) is 2. The maximum atomic E-state index is 12.7. The topological polar surface area (TPSA) is 92.3 Å². The highest BCUT2D eigenvalue weighted by Gasteiger charge is 2.35. The highest BCUT2D eigenvalue weighted by atomic mass is 32.2. The zero-order valence-corrected chi connectivity index (χ0v) is 16.0. The lowest BCUT2D eigenvalue weighted by molar-refractivity contribution is -0.134. The van der Waals surface area contributed by atoms with Crippen LogP contribution in [0.2, 0.25) is 0 Å². The predicted octanol–water partition coefficient (Wildman–Crippen LogP) is 2.39. The van der Waals surface area contributed by atoms with Crippen molar-refractivity contribution in [2.24, 2.45) is 0 Å². The minimum Gasteiger partial charge on any atom is -0.616 e. The summed E-state index contributed by atoms with van der Waals surface area (Å²) in [6, 6.07) is 7.53. The van der Waals surface area contributed by atoms with Crippen molar-refractivity contribution in [2.45, 2.75) is 44.1 Å². The molecule has 1 aromatic heterocycles. The number of benzene rings is 1. The average Bonchev–Trinajstić information content (AvgIpc) is 3.17. The van der Waals surface area contributed by atoms with Crippen LogP contribution in [0, 0.1) is 0 Å². The van der Waals surface area contributed by atoms with Gasteiger partial charge >= 0.3 is 0 Å². The number of likely N-dealkylation sites (tertiary alicyclic amines) is 1. The molecule has 1 saturated heterocycles. The lowest BCUT2D eigenvalue weighted by Gasteiger charge is -2.35. The Kier molecular flexibility index (Phi) is 6.01. The summed E-state index contributed by atoms with van der Waals surface area (Å²) in [4.78, 5) is 22.4. The molecule has 3 rings (SSSR count). The highest BCUT2D eigenvalue weighted by Crippen LogP contribution is 2.31. The first-order chi connectivity index (χ1) is 12.5. The Morgan fingerprint density at radius 2 is 2.15 bits per heavy atom. The Morgan fingerprint density at radius 1 is 1.42 bits per heavy atom. The highest BCUT2D eigenvalue weighted by molar-refractivity contribution is 7.92.